The number of hydrogen-bond donors (Lipinski definition) is 4. The Morgan fingerprint density at radius 3 is 2.22 bits per heavy atom. The number of benzene rings is 3. The lowest BCUT2D eigenvalue weighted by Crippen LogP contribution is -2.55. The van der Waals surface area contributed by atoms with Gasteiger partial charge >= 0.3 is 0 Å². The lowest BCUT2D eigenvalue weighted by Gasteiger charge is -2.35. The van der Waals surface area contributed by atoms with Gasteiger partial charge in [0.1, 0.15) is 5.54 Å². The minimum Gasteiger partial charge on any atom is -0.368 e. The molecule has 0 radical (unpaired) electrons. The lowest BCUT2D eigenvalue weighted by atomic mass is 9.98. The van der Waals surface area contributed by atoms with Gasteiger partial charge in [0.05, 0.1) is 23.2 Å². The van der Waals surface area contributed by atoms with E-state index in [1.54, 1.807) is 42.5 Å². The predicted molar refractivity (Wildman–Crippen MR) is 162 cm³/mol. The number of nitrogens with zero attached hydrogens (tertiary/aromatic N) is 1. The van der Waals surface area contributed by atoms with Gasteiger partial charge in [-0.1, -0.05) is 43.3 Å². The van der Waals surface area contributed by atoms with Crippen LogP contribution in [0.5, 0.6) is 0 Å². The van der Waals surface area contributed by atoms with Gasteiger partial charge in [0.15, 0.2) is 0 Å². The molecule has 0 aliphatic carbocycles. The first-order valence-corrected chi connectivity index (χ1v) is 14.9. The molecule has 5 N–H and O–H groups in total. The molecule has 0 saturated heterocycles. The third-order valence-electron chi connectivity index (χ3n) is 6.69. The number of nitrogens with two attached hydrogens (primary N) is 1. The average Bonchev–Trinajstić information content (AvgIpc) is 3.25. The minimum absolute atomic E-state index is 0.217. The van der Waals surface area contributed by atoms with Crippen LogP contribution in [-0.4, -0.2) is 44.5 Å². The van der Waals surface area contributed by atoms with Gasteiger partial charge in [0.2, 0.25) is 15.9 Å². The summed E-state index contributed by atoms with van der Waals surface area (Å²) in [6, 6.07) is 20.8. The van der Waals surface area contributed by atoms with Crippen molar-refractivity contribution >= 4 is 56.1 Å². The Kier molecular flexibility index (Phi) is 8.20. The van der Waals surface area contributed by atoms with Crippen molar-refractivity contribution in [2.45, 2.75) is 32.7 Å². The first-order chi connectivity index (χ1) is 19.3. The summed E-state index contributed by atoms with van der Waals surface area (Å²) in [6.45, 7) is 5.40. The lowest BCUT2D eigenvalue weighted by molar-refractivity contribution is -0.121. The van der Waals surface area contributed by atoms with Gasteiger partial charge in [-0.05, 0) is 62.2 Å². The molecule has 10 nitrogen and oxygen atoms in total. The Hall–Kier alpha value is -4.64. The normalized spacial score (nSPS) is 14.1. The minimum atomic E-state index is -3.85. The number of fused-ring (bicyclic) bond motifs is 1. The molecule has 3 aromatic rings. The van der Waals surface area contributed by atoms with Crippen LogP contribution in [-0.2, 0) is 19.6 Å². The number of nitrogens with one attached hydrogen (secondary N) is 3. The number of anilines is 3. The highest BCUT2D eigenvalue weighted by molar-refractivity contribution is 7.92. The van der Waals surface area contributed by atoms with E-state index in [1.807, 2.05) is 37.3 Å². The highest BCUT2D eigenvalue weighted by Gasteiger charge is 2.39. The van der Waals surface area contributed by atoms with Crippen molar-refractivity contribution in [1.29, 1.82) is 0 Å². The molecule has 41 heavy (non-hydrogen) atoms. The van der Waals surface area contributed by atoms with Gasteiger partial charge in [-0.15, -0.1) is 0 Å². The molecule has 3 aromatic carbocycles. The fraction of sp³-hybridized carbons (Fsp3) is 0.233. The molecule has 0 unspecified atom stereocenters. The van der Waals surface area contributed by atoms with E-state index in [0.717, 1.165) is 22.5 Å². The third-order valence-corrected chi connectivity index (χ3v) is 8.02. The molecule has 0 aromatic heterocycles. The standard InChI is InChI=1S/C30H33N5O5S/c1-5-17-32-27(36)20-11-16-23-24(18-20)34-28(37)25(23)26(19-9-7-6-8-10-19)33-21-12-14-22(15-13-21)35(41(4,39)40)30(2,3)29(31)38/h6-16,18,33H,5,17H2,1-4H3,(H2,31,38)(H,32,36)(H,34,37)/b26-25-. The Morgan fingerprint density at radius 2 is 1.63 bits per heavy atom. The van der Waals surface area contributed by atoms with Crippen molar-refractivity contribution in [1.82, 2.24) is 5.32 Å². The van der Waals surface area contributed by atoms with Gasteiger partial charge in [0, 0.05) is 29.0 Å². The van der Waals surface area contributed by atoms with E-state index in [1.165, 1.54) is 13.8 Å². The molecule has 3 amide bonds. The number of carbonyl (C=O) groups excluding carboxylic acids is 3. The summed E-state index contributed by atoms with van der Waals surface area (Å²) in [5, 5.41) is 9.03. The van der Waals surface area contributed by atoms with E-state index < -0.39 is 21.5 Å². The number of sulfonamides is 1. The van der Waals surface area contributed by atoms with Crippen LogP contribution in [0.2, 0.25) is 0 Å². The van der Waals surface area contributed by atoms with Crippen molar-refractivity contribution < 1.29 is 22.8 Å². The molecule has 0 fully saturated rings. The maximum absolute atomic E-state index is 13.3. The van der Waals surface area contributed by atoms with Gasteiger partial charge < -0.3 is 21.7 Å². The third kappa shape index (κ3) is 6.09. The van der Waals surface area contributed by atoms with Crippen LogP contribution in [0.4, 0.5) is 17.1 Å². The molecule has 4 rings (SSSR count). The summed E-state index contributed by atoms with van der Waals surface area (Å²) in [5.74, 6) is -1.34. The molecule has 214 valence electrons. The average molecular weight is 576 g/mol. The van der Waals surface area contributed by atoms with E-state index in [9.17, 15) is 22.8 Å². The van der Waals surface area contributed by atoms with Crippen molar-refractivity contribution in [2.24, 2.45) is 5.73 Å². The first kappa shape index (κ1) is 29.3. The fourth-order valence-electron chi connectivity index (χ4n) is 4.64. The van der Waals surface area contributed by atoms with Crippen LogP contribution >= 0.6 is 0 Å². The first-order valence-electron chi connectivity index (χ1n) is 13.1. The maximum Gasteiger partial charge on any atom is 0.258 e. The summed E-state index contributed by atoms with van der Waals surface area (Å²) in [5.41, 5.74) is 8.10. The smallest absolute Gasteiger partial charge is 0.258 e. The zero-order valence-corrected chi connectivity index (χ0v) is 24.1. The molecular formula is C30H33N5O5S. The van der Waals surface area contributed by atoms with E-state index >= 15 is 0 Å². The SMILES string of the molecule is CCCNC(=O)c1ccc2c(c1)NC(=O)/C2=C(\Nc1ccc(N(C(C)(C)C(N)=O)S(C)(=O)=O)cc1)c1ccccc1. The second kappa shape index (κ2) is 11.5. The highest BCUT2D eigenvalue weighted by Crippen LogP contribution is 2.38. The van der Waals surface area contributed by atoms with Gasteiger partial charge in [0.25, 0.3) is 11.8 Å². The molecule has 1 heterocycles. The molecular weight excluding hydrogens is 542 g/mol. The zero-order valence-electron chi connectivity index (χ0n) is 23.3. The van der Waals surface area contributed by atoms with Crippen LogP contribution in [0.25, 0.3) is 11.3 Å². The molecule has 0 spiro atoms. The number of rotatable bonds is 10. The fourth-order valence-corrected chi connectivity index (χ4v) is 6.06. The number of amides is 3. The highest BCUT2D eigenvalue weighted by atomic mass is 32.2. The Balaban J connectivity index is 1.76. The van der Waals surface area contributed by atoms with E-state index in [4.69, 9.17) is 5.73 Å². The molecule has 1 aliphatic rings. The summed E-state index contributed by atoms with van der Waals surface area (Å²) in [7, 11) is -3.85. The van der Waals surface area contributed by atoms with Crippen molar-refractivity contribution in [3.8, 4) is 0 Å². The molecule has 0 saturated carbocycles. The second-order valence-corrected chi connectivity index (χ2v) is 12.0. The summed E-state index contributed by atoms with van der Waals surface area (Å²) in [4.78, 5) is 37.8. The Labute approximate surface area is 239 Å². The second-order valence-electron chi connectivity index (χ2n) is 10.2. The number of hydrogen-bond acceptors (Lipinski definition) is 6. The molecule has 0 bridgehead atoms. The quantitative estimate of drug-likeness (QED) is 0.270. The molecule has 11 heteroatoms. The molecule has 1 aliphatic heterocycles. The number of primary amides is 1. The maximum atomic E-state index is 13.3. The Morgan fingerprint density at radius 1 is 0.976 bits per heavy atom. The van der Waals surface area contributed by atoms with Gasteiger partial charge in [-0.2, -0.15) is 0 Å². The predicted octanol–water partition coefficient (Wildman–Crippen LogP) is 3.79. The van der Waals surface area contributed by atoms with Crippen LogP contribution in [0.15, 0.2) is 72.8 Å². The summed E-state index contributed by atoms with van der Waals surface area (Å²) in [6.07, 6.45) is 1.82. The van der Waals surface area contributed by atoms with Crippen molar-refractivity contribution in [3.05, 3.63) is 89.5 Å². The Bertz CT molecular complexity index is 1630. The van der Waals surface area contributed by atoms with E-state index in [-0.39, 0.29) is 17.5 Å². The monoisotopic (exact) mass is 575 g/mol. The summed E-state index contributed by atoms with van der Waals surface area (Å²) >= 11 is 0. The zero-order chi connectivity index (χ0) is 29.9. The van der Waals surface area contributed by atoms with Crippen molar-refractivity contribution in [2.75, 3.05) is 27.7 Å². The number of carbonyl (C=O) groups is 3. The van der Waals surface area contributed by atoms with Gasteiger partial charge in [-0.3, -0.25) is 18.7 Å². The molecule has 0 atom stereocenters. The topological polar surface area (TPSA) is 151 Å². The van der Waals surface area contributed by atoms with E-state index in [0.29, 0.717) is 40.3 Å². The van der Waals surface area contributed by atoms with Crippen LogP contribution in [0.1, 0.15) is 48.7 Å². The summed E-state index contributed by atoms with van der Waals surface area (Å²) < 4.78 is 26.2. The van der Waals surface area contributed by atoms with Gasteiger partial charge in [-0.25, -0.2) is 8.42 Å². The van der Waals surface area contributed by atoms with Crippen LogP contribution in [0.3, 0.4) is 0 Å². The van der Waals surface area contributed by atoms with E-state index in [2.05, 4.69) is 16.0 Å². The van der Waals surface area contributed by atoms with Crippen LogP contribution < -0.4 is 26.0 Å². The van der Waals surface area contributed by atoms with Crippen molar-refractivity contribution in [3.63, 3.8) is 0 Å². The largest absolute Gasteiger partial charge is 0.368 e. The van der Waals surface area contributed by atoms with Crippen LogP contribution in [0, 0.1) is 0 Å².